The predicted octanol–water partition coefficient (Wildman–Crippen LogP) is 12.6. The van der Waals surface area contributed by atoms with Crippen LogP contribution in [0.25, 0.3) is 33.9 Å². The molecule has 0 bridgehead atoms. The zero-order valence-electron chi connectivity index (χ0n) is 29.4. The highest BCUT2D eigenvalue weighted by Crippen LogP contribution is 2.37. The molecule has 1 aliphatic rings. The second-order valence-electron chi connectivity index (χ2n) is 13.2. The summed E-state index contributed by atoms with van der Waals surface area (Å²) in [4.78, 5) is 5.62. The Balaban J connectivity index is 1.44. The molecule has 0 heterocycles. The monoisotopic (exact) mass is 640 g/mol. The Labute approximate surface area is 293 Å². The minimum absolute atomic E-state index is 0.120. The third-order valence-electron chi connectivity index (χ3n) is 9.84. The van der Waals surface area contributed by atoms with E-state index in [1.807, 2.05) is 6.08 Å². The van der Waals surface area contributed by atoms with Crippen molar-refractivity contribution in [2.24, 2.45) is 10.9 Å². The first-order valence-electron chi connectivity index (χ1n) is 17.7. The van der Waals surface area contributed by atoms with Crippen LogP contribution in [0.4, 0.5) is 0 Å². The Morgan fingerprint density at radius 2 is 1.49 bits per heavy atom. The molecule has 0 fully saturated rings. The number of nitrogens with zero attached hydrogens (tertiary/aromatic N) is 1. The third-order valence-corrected chi connectivity index (χ3v) is 9.84. The molecular weight excluding hydrogens is 593 g/mol. The molecule has 5 aromatic carbocycles. The summed E-state index contributed by atoms with van der Waals surface area (Å²) in [5.41, 5.74) is 14.6. The molecule has 0 saturated heterocycles. The van der Waals surface area contributed by atoms with Gasteiger partial charge in [-0.25, -0.2) is 0 Å². The van der Waals surface area contributed by atoms with E-state index in [1.54, 1.807) is 0 Å². The van der Waals surface area contributed by atoms with Crippen molar-refractivity contribution in [2.75, 3.05) is 0 Å². The van der Waals surface area contributed by atoms with Gasteiger partial charge in [0.15, 0.2) is 0 Å². The number of rotatable bonds is 12. The summed E-state index contributed by atoms with van der Waals surface area (Å²) in [5.74, 6) is 0.249. The summed E-state index contributed by atoms with van der Waals surface area (Å²) >= 11 is 0. The van der Waals surface area contributed by atoms with Gasteiger partial charge < -0.3 is 0 Å². The van der Waals surface area contributed by atoms with Crippen molar-refractivity contribution in [3.05, 3.63) is 180 Å². The van der Waals surface area contributed by atoms with E-state index in [1.165, 1.54) is 50.1 Å². The largest absolute Gasteiger partial charge is 0.285 e. The van der Waals surface area contributed by atoms with E-state index in [2.05, 4.69) is 179 Å². The van der Waals surface area contributed by atoms with Crippen molar-refractivity contribution in [1.29, 1.82) is 0 Å². The van der Waals surface area contributed by atoms with E-state index in [0.29, 0.717) is 0 Å². The molecule has 0 aliphatic heterocycles. The summed E-state index contributed by atoms with van der Waals surface area (Å²) in [6.45, 7) is 13.3. The average molecular weight is 641 g/mol. The number of allylic oxidation sites excluding steroid dienone is 4. The second kappa shape index (κ2) is 15.9. The fourth-order valence-electron chi connectivity index (χ4n) is 6.83. The third kappa shape index (κ3) is 7.82. The van der Waals surface area contributed by atoms with Crippen LogP contribution in [0, 0.1) is 12.8 Å². The molecule has 1 N–H and O–H groups in total. The Kier molecular flexibility index (Phi) is 11.0. The van der Waals surface area contributed by atoms with Gasteiger partial charge in [-0.05, 0) is 107 Å². The van der Waals surface area contributed by atoms with Crippen molar-refractivity contribution in [3.8, 4) is 22.3 Å². The van der Waals surface area contributed by atoms with Gasteiger partial charge in [0.05, 0.1) is 0 Å². The quantitative estimate of drug-likeness (QED) is 0.135. The Morgan fingerprint density at radius 1 is 0.796 bits per heavy atom. The van der Waals surface area contributed by atoms with Crippen LogP contribution in [-0.2, 0) is 0 Å². The molecule has 0 spiro atoms. The summed E-state index contributed by atoms with van der Waals surface area (Å²) in [7, 11) is 0. The molecule has 6 rings (SSSR count). The van der Waals surface area contributed by atoms with Gasteiger partial charge in [-0.3, -0.25) is 10.3 Å². The van der Waals surface area contributed by atoms with Gasteiger partial charge in [-0.15, -0.1) is 0 Å². The fourth-order valence-corrected chi connectivity index (χ4v) is 6.83. The Hall–Kier alpha value is -5.05. The van der Waals surface area contributed by atoms with E-state index in [9.17, 15) is 0 Å². The van der Waals surface area contributed by atoms with Crippen LogP contribution in [0.1, 0.15) is 85.6 Å². The van der Waals surface area contributed by atoms with Crippen LogP contribution in [0.15, 0.2) is 151 Å². The summed E-state index contributed by atoms with van der Waals surface area (Å²) in [6, 6.07) is 43.8. The van der Waals surface area contributed by atoms with Crippen LogP contribution in [0.5, 0.6) is 0 Å². The molecular formula is C47H48N2. The molecule has 49 heavy (non-hydrogen) atoms. The van der Waals surface area contributed by atoms with E-state index < -0.39 is 0 Å². The zero-order valence-corrected chi connectivity index (χ0v) is 29.4. The molecule has 2 heteroatoms. The lowest BCUT2D eigenvalue weighted by Crippen LogP contribution is -2.26. The van der Waals surface area contributed by atoms with Crippen LogP contribution >= 0.6 is 0 Å². The molecule has 0 radical (unpaired) electrons. The first kappa shape index (κ1) is 33.8. The van der Waals surface area contributed by atoms with Crippen LogP contribution in [0.2, 0.25) is 0 Å². The van der Waals surface area contributed by atoms with Gasteiger partial charge in [0.2, 0.25) is 0 Å². The number of hydrogen-bond acceptors (Lipinski definition) is 2. The molecule has 1 aliphatic carbocycles. The summed E-state index contributed by atoms with van der Waals surface area (Å²) in [6.07, 6.45) is 11.6. The normalized spacial score (nSPS) is 14.9. The van der Waals surface area contributed by atoms with Gasteiger partial charge in [-0.2, -0.15) is 0 Å². The maximum atomic E-state index is 5.62. The summed E-state index contributed by atoms with van der Waals surface area (Å²) in [5, 5.41) is 3.87. The van der Waals surface area contributed by atoms with E-state index in [-0.39, 0.29) is 18.1 Å². The minimum Gasteiger partial charge on any atom is -0.285 e. The topological polar surface area (TPSA) is 24.4 Å². The molecule has 0 aromatic heterocycles. The molecule has 0 amide bonds. The smallest absolute Gasteiger partial charge is 0.126 e. The Bertz CT molecular complexity index is 1980. The van der Waals surface area contributed by atoms with Crippen LogP contribution in [-0.4, -0.2) is 5.71 Å². The van der Waals surface area contributed by atoms with Crippen molar-refractivity contribution >= 4 is 17.4 Å². The van der Waals surface area contributed by atoms with Gasteiger partial charge in [0, 0.05) is 17.3 Å². The zero-order chi connectivity index (χ0) is 34.2. The predicted molar refractivity (Wildman–Crippen MR) is 212 cm³/mol. The van der Waals surface area contributed by atoms with Crippen LogP contribution in [0.3, 0.4) is 0 Å². The second-order valence-corrected chi connectivity index (χ2v) is 13.2. The van der Waals surface area contributed by atoms with Gasteiger partial charge in [0.1, 0.15) is 6.17 Å². The van der Waals surface area contributed by atoms with Gasteiger partial charge in [-0.1, -0.05) is 154 Å². The standard InChI is InChI=1S/C47H48N2/c1-6-33(3)46(49-47(39-24-15-10-16-25-39)48-35(5)37-20-11-8-12-21-37)44-28-17-19-34(4)45(44)43-30-29-42(31-36(43)7-2)41-27-18-26-40(32-41)38-22-13-9-14-23-38/h7-13,15-22,24-33,35,47-48H,2,6,14,23H2,1,3-5H3/b49-46+. The maximum Gasteiger partial charge on any atom is 0.126 e. The maximum absolute atomic E-state index is 5.62. The molecule has 3 atom stereocenters. The number of aliphatic imine (C=N–C) groups is 1. The average Bonchev–Trinajstić information content (AvgIpc) is 3.17. The van der Waals surface area contributed by atoms with Crippen LogP contribution < -0.4 is 5.32 Å². The highest BCUT2D eigenvalue weighted by Gasteiger charge is 2.23. The first-order chi connectivity index (χ1) is 24.0. The first-order valence-corrected chi connectivity index (χ1v) is 17.7. The highest BCUT2D eigenvalue weighted by molar-refractivity contribution is 6.08. The van der Waals surface area contributed by atoms with E-state index in [0.717, 1.165) is 36.1 Å². The fraction of sp³-hybridized carbons (Fsp3) is 0.213. The van der Waals surface area contributed by atoms with Crippen molar-refractivity contribution in [3.63, 3.8) is 0 Å². The van der Waals surface area contributed by atoms with Gasteiger partial charge in [0.25, 0.3) is 0 Å². The van der Waals surface area contributed by atoms with E-state index in [4.69, 9.17) is 4.99 Å². The molecule has 0 saturated carbocycles. The molecule has 3 unspecified atom stereocenters. The Morgan fingerprint density at radius 3 is 2.18 bits per heavy atom. The van der Waals surface area contributed by atoms with Crippen molar-refractivity contribution in [2.45, 2.75) is 59.2 Å². The summed E-state index contributed by atoms with van der Waals surface area (Å²) < 4.78 is 0. The van der Waals surface area contributed by atoms with Crippen molar-refractivity contribution < 1.29 is 0 Å². The number of hydrogen-bond donors (Lipinski definition) is 1. The van der Waals surface area contributed by atoms with Gasteiger partial charge >= 0.3 is 0 Å². The van der Waals surface area contributed by atoms with Crippen molar-refractivity contribution in [1.82, 2.24) is 5.32 Å². The number of aryl methyl sites for hydroxylation is 1. The van der Waals surface area contributed by atoms with E-state index >= 15 is 0 Å². The highest BCUT2D eigenvalue weighted by atomic mass is 15.1. The number of nitrogens with one attached hydrogen (secondary N) is 1. The number of benzene rings is 5. The SMILES string of the molecule is C=Cc1cc(-c2cccc(C3=CC=CCC3)c2)ccc1-c1c(C)cccc1/C(=N/C(NC(C)c1ccccc1)c1ccccc1)C(C)CC. The lowest BCUT2D eigenvalue weighted by atomic mass is 9.84. The molecule has 2 nitrogen and oxygen atoms in total. The molecule has 5 aromatic rings. The minimum atomic E-state index is -0.211. The lowest BCUT2D eigenvalue weighted by molar-refractivity contribution is 0.478. The lowest BCUT2D eigenvalue weighted by Gasteiger charge is -2.26. The molecule has 246 valence electrons.